The summed E-state index contributed by atoms with van der Waals surface area (Å²) >= 11 is 0. The molecule has 84 valence electrons. The smallest absolute Gasteiger partial charge is 0.00179 e. The lowest BCUT2D eigenvalue weighted by Gasteiger charge is -2.30. The van der Waals surface area contributed by atoms with Crippen molar-refractivity contribution in [3.8, 4) is 0 Å². The van der Waals surface area contributed by atoms with Crippen molar-refractivity contribution in [2.75, 3.05) is 13.1 Å². The van der Waals surface area contributed by atoms with Gasteiger partial charge < -0.3 is 5.32 Å². The lowest BCUT2D eigenvalue weighted by atomic mass is 9.80. The Kier molecular flexibility index (Phi) is 5.54. The highest BCUT2D eigenvalue weighted by molar-refractivity contribution is 4.75. The molecule has 14 heavy (non-hydrogen) atoms. The van der Waals surface area contributed by atoms with Crippen LogP contribution in [0.4, 0.5) is 0 Å². The van der Waals surface area contributed by atoms with Crippen LogP contribution < -0.4 is 5.32 Å². The summed E-state index contributed by atoms with van der Waals surface area (Å²) in [6.45, 7) is 9.56. The molecule has 0 aromatic rings. The molecule has 2 atom stereocenters. The van der Waals surface area contributed by atoms with Gasteiger partial charge in [0, 0.05) is 0 Å². The van der Waals surface area contributed by atoms with E-state index in [1.807, 2.05) is 0 Å². The zero-order chi connectivity index (χ0) is 10.4. The van der Waals surface area contributed by atoms with E-state index in [1.54, 1.807) is 0 Å². The maximum Gasteiger partial charge on any atom is -0.00179 e. The predicted molar refractivity (Wildman–Crippen MR) is 63.4 cm³/mol. The standard InChI is InChI=1S/C13H27N/c1-4-12(8-7-11(2)3)13-6-5-9-14-10-13/h11-14H,4-10H2,1-3H3. The SMILES string of the molecule is CCC(CCC(C)C)C1CCCNC1. The van der Waals surface area contributed by atoms with Gasteiger partial charge in [-0.2, -0.15) is 0 Å². The lowest BCUT2D eigenvalue weighted by Crippen LogP contribution is -2.34. The van der Waals surface area contributed by atoms with Gasteiger partial charge in [0.25, 0.3) is 0 Å². The summed E-state index contributed by atoms with van der Waals surface area (Å²) in [6, 6.07) is 0. The van der Waals surface area contributed by atoms with E-state index in [9.17, 15) is 0 Å². The van der Waals surface area contributed by atoms with Gasteiger partial charge in [-0.05, 0) is 50.1 Å². The average Bonchev–Trinajstić information content (AvgIpc) is 2.20. The van der Waals surface area contributed by atoms with Crippen molar-refractivity contribution >= 4 is 0 Å². The zero-order valence-electron chi connectivity index (χ0n) is 10.2. The second-order valence-electron chi connectivity index (χ2n) is 5.25. The third kappa shape index (κ3) is 4.00. The Morgan fingerprint density at radius 1 is 1.29 bits per heavy atom. The molecular formula is C13H27N. The minimum atomic E-state index is 0.876. The van der Waals surface area contributed by atoms with Crippen molar-refractivity contribution in [3.63, 3.8) is 0 Å². The summed E-state index contributed by atoms with van der Waals surface area (Å²) in [7, 11) is 0. The molecular weight excluding hydrogens is 170 g/mol. The van der Waals surface area contributed by atoms with Crippen LogP contribution in [0.5, 0.6) is 0 Å². The molecule has 1 heteroatoms. The molecule has 1 heterocycles. The highest BCUT2D eigenvalue weighted by Crippen LogP contribution is 2.27. The topological polar surface area (TPSA) is 12.0 Å². The summed E-state index contributed by atoms with van der Waals surface area (Å²) in [4.78, 5) is 0. The van der Waals surface area contributed by atoms with Crippen molar-refractivity contribution in [2.24, 2.45) is 17.8 Å². The van der Waals surface area contributed by atoms with Crippen LogP contribution in [0.2, 0.25) is 0 Å². The molecule has 1 fully saturated rings. The van der Waals surface area contributed by atoms with E-state index in [0.29, 0.717) is 0 Å². The van der Waals surface area contributed by atoms with Crippen molar-refractivity contribution in [1.29, 1.82) is 0 Å². The third-order valence-electron chi connectivity index (χ3n) is 3.64. The van der Waals surface area contributed by atoms with Crippen LogP contribution in [0.1, 0.15) is 52.9 Å². The van der Waals surface area contributed by atoms with Gasteiger partial charge in [0.15, 0.2) is 0 Å². The molecule has 0 spiro atoms. The molecule has 1 saturated heterocycles. The van der Waals surface area contributed by atoms with E-state index in [1.165, 1.54) is 45.2 Å². The first-order valence-corrected chi connectivity index (χ1v) is 6.44. The van der Waals surface area contributed by atoms with Crippen LogP contribution in [-0.2, 0) is 0 Å². The Hall–Kier alpha value is -0.0400. The molecule has 2 unspecified atom stereocenters. The number of piperidine rings is 1. The van der Waals surface area contributed by atoms with E-state index in [0.717, 1.165) is 17.8 Å². The zero-order valence-corrected chi connectivity index (χ0v) is 10.2. The summed E-state index contributed by atoms with van der Waals surface area (Å²) in [5.41, 5.74) is 0. The summed E-state index contributed by atoms with van der Waals surface area (Å²) in [6.07, 6.45) is 7.08. The number of nitrogens with one attached hydrogen (secondary N) is 1. The largest absolute Gasteiger partial charge is 0.316 e. The monoisotopic (exact) mass is 197 g/mol. The van der Waals surface area contributed by atoms with Gasteiger partial charge in [0.2, 0.25) is 0 Å². The molecule has 0 aliphatic carbocycles. The Labute approximate surface area is 89.7 Å². The number of hydrogen-bond acceptors (Lipinski definition) is 1. The molecule has 1 aliphatic rings. The minimum Gasteiger partial charge on any atom is -0.316 e. The van der Waals surface area contributed by atoms with Crippen LogP contribution in [0.25, 0.3) is 0 Å². The first kappa shape index (κ1) is 12.0. The summed E-state index contributed by atoms with van der Waals surface area (Å²) in [5.74, 6) is 2.82. The highest BCUT2D eigenvalue weighted by Gasteiger charge is 2.21. The van der Waals surface area contributed by atoms with Crippen LogP contribution in [0.3, 0.4) is 0 Å². The normalized spacial score (nSPS) is 25.3. The fourth-order valence-electron chi connectivity index (χ4n) is 2.60. The Morgan fingerprint density at radius 3 is 2.57 bits per heavy atom. The first-order valence-electron chi connectivity index (χ1n) is 6.44. The molecule has 0 saturated carbocycles. The van der Waals surface area contributed by atoms with Crippen molar-refractivity contribution < 1.29 is 0 Å². The molecule has 0 radical (unpaired) electrons. The van der Waals surface area contributed by atoms with Crippen LogP contribution >= 0.6 is 0 Å². The average molecular weight is 197 g/mol. The first-order chi connectivity index (χ1) is 6.74. The highest BCUT2D eigenvalue weighted by atomic mass is 14.9. The van der Waals surface area contributed by atoms with Gasteiger partial charge in [0.1, 0.15) is 0 Å². The van der Waals surface area contributed by atoms with Crippen LogP contribution in [-0.4, -0.2) is 13.1 Å². The van der Waals surface area contributed by atoms with E-state index in [4.69, 9.17) is 0 Å². The van der Waals surface area contributed by atoms with Gasteiger partial charge >= 0.3 is 0 Å². The molecule has 0 aromatic carbocycles. The second kappa shape index (κ2) is 6.44. The molecule has 0 bridgehead atoms. The minimum absolute atomic E-state index is 0.876. The van der Waals surface area contributed by atoms with Gasteiger partial charge in [0.05, 0.1) is 0 Å². The Balaban J connectivity index is 2.28. The van der Waals surface area contributed by atoms with E-state index in [-0.39, 0.29) is 0 Å². The summed E-state index contributed by atoms with van der Waals surface area (Å²) in [5, 5.41) is 3.54. The fraction of sp³-hybridized carbons (Fsp3) is 1.00. The van der Waals surface area contributed by atoms with Gasteiger partial charge in [-0.1, -0.05) is 33.6 Å². The Bertz CT molecular complexity index is 136. The van der Waals surface area contributed by atoms with E-state index >= 15 is 0 Å². The summed E-state index contributed by atoms with van der Waals surface area (Å²) < 4.78 is 0. The predicted octanol–water partition coefficient (Wildman–Crippen LogP) is 3.45. The van der Waals surface area contributed by atoms with Crippen molar-refractivity contribution in [3.05, 3.63) is 0 Å². The van der Waals surface area contributed by atoms with Gasteiger partial charge in [-0.15, -0.1) is 0 Å². The maximum absolute atomic E-state index is 3.54. The quantitative estimate of drug-likeness (QED) is 0.712. The molecule has 0 aromatic heterocycles. The van der Waals surface area contributed by atoms with Gasteiger partial charge in [-0.3, -0.25) is 0 Å². The lowest BCUT2D eigenvalue weighted by molar-refractivity contribution is 0.234. The number of hydrogen-bond donors (Lipinski definition) is 1. The second-order valence-corrected chi connectivity index (χ2v) is 5.25. The maximum atomic E-state index is 3.54. The molecule has 1 aliphatic heterocycles. The third-order valence-corrected chi connectivity index (χ3v) is 3.64. The van der Waals surface area contributed by atoms with Crippen LogP contribution in [0, 0.1) is 17.8 Å². The Morgan fingerprint density at radius 2 is 2.07 bits per heavy atom. The molecule has 1 nitrogen and oxygen atoms in total. The van der Waals surface area contributed by atoms with Crippen molar-refractivity contribution in [2.45, 2.75) is 52.9 Å². The molecule has 1 N–H and O–H groups in total. The van der Waals surface area contributed by atoms with E-state index in [2.05, 4.69) is 26.1 Å². The van der Waals surface area contributed by atoms with Gasteiger partial charge in [-0.25, -0.2) is 0 Å². The fourth-order valence-corrected chi connectivity index (χ4v) is 2.60. The molecule has 1 rings (SSSR count). The number of rotatable bonds is 5. The molecule has 0 amide bonds. The van der Waals surface area contributed by atoms with E-state index < -0.39 is 0 Å². The van der Waals surface area contributed by atoms with Crippen LogP contribution in [0.15, 0.2) is 0 Å². The van der Waals surface area contributed by atoms with Crippen molar-refractivity contribution in [1.82, 2.24) is 5.32 Å².